The fraction of sp³-hybridized carbons (Fsp3) is 0.167. The molecule has 134 valence electrons. The Bertz CT molecular complexity index is 907. The minimum Gasteiger partial charge on any atom is -0.339 e. The van der Waals surface area contributed by atoms with Gasteiger partial charge in [-0.1, -0.05) is 41.6 Å². The van der Waals surface area contributed by atoms with Crippen molar-refractivity contribution in [2.24, 2.45) is 0 Å². The molecular formula is C18H14F3N3O2. The lowest BCUT2D eigenvalue weighted by Crippen LogP contribution is -2.40. The molecule has 0 unspecified atom stereocenters. The SMILES string of the molecule is Cc1nc(-c2cccc(CN(C(=O)C(F)(F)F)c3ccccc3)c2)no1. The highest BCUT2D eigenvalue weighted by atomic mass is 19.4. The number of rotatable bonds is 4. The molecule has 0 aliphatic rings. The molecular weight excluding hydrogens is 347 g/mol. The minimum absolute atomic E-state index is 0.163. The van der Waals surface area contributed by atoms with Crippen LogP contribution in [0.15, 0.2) is 59.1 Å². The van der Waals surface area contributed by atoms with Crippen molar-refractivity contribution in [1.82, 2.24) is 10.1 Å². The summed E-state index contributed by atoms with van der Waals surface area (Å²) in [7, 11) is 0. The predicted octanol–water partition coefficient (Wildman–Crippen LogP) is 4.14. The highest BCUT2D eigenvalue weighted by molar-refractivity contribution is 5.97. The Hall–Kier alpha value is -3.16. The molecule has 8 heteroatoms. The molecule has 0 N–H and O–H groups in total. The highest BCUT2D eigenvalue weighted by Crippen LogP contribution is 2.26. The average molecular weight is 361 g/mol. The number of halogens is 3. The van der Waals surface area contributed by atoms with Gasteiger partial charge in [-0.25, -0.2) is 0 Å². The second kappa shape index (κ2) is 6.99. The quantitative estimate of drug-likeness (QED) is 0.701. The Labute approximate surface area is 147 Å². The van der Waals surface area contributed by atoms with Crippen LogP contribution in [0.1, 0.15) is 11.5 Å². The Morgan fingerprint density at radius 1 is 1.12 bits per heavy atom. The van der Waals surface area contributed by atoms with Gasteiger partial charge < -0.3 is 9.42 Å². The minimum atomic E-state index is -4.97. The van der Waals surface area contributed by atoms with Crippen LogP contribution in [0.2, 0.25) is 0 Å². The van der Waals surface area contributed by atoms with E-state index in [-0.39, 0.29) is 12.2 Å². The van der Waals surface area contributed by atoms with Crippen LogP contribution in [0.4, 0.5) is 18.9 Å². The number of alkyl halides is 3. The maximum atomic E-state index is 13.0. The summed E-state index contributed by atoms with van der Waals surface area (Å²) in [5, 5.41) is 3.79. The zero-order valence-corrected chi connectivity index (χ0v) is 13.7. The normalized spacial score (nSPS) is 11.4. The molecule has 0 aliphatic heterocycles. The summed E-state index contributed by atoms with van der Waals surface area (Å²) < 4.78 is 44.0. The van der Waals surface area contributed by atoms with Crippen LogP contribution in [0.3, 0.4) is 0 Å². The maximum absolute atomic E-state index is 13.0. The molecule has 26 heavy (non-hydrogen) atoms. The third-order valence-corrected chi connectivity index (χ3v) is 3.61. The number of anilines is 1. The largest absolute Gasteiger partial charge is 0.471 e. The molecule has 0 saturated heterocycles. The number of benzene rings is 2. The number of nitrogens with zero attached hydrogens (tertiary/aromatic N) is 3. The Morgan fingerprint density at radius 3 is 2.46 bits per heavy atom. The number of hydrogen-bond donors (Lipinski definition) is 0. The van der Waals surface area contributed by atoms with Gasteiger partial charge in [0.1, 0.15) is 0 Å². The van der Waals surface area contributed by atoms with E-state index in [1.165, 1.54) is 12.1 Å². The first-order valence-electron chi connectivity index (χ1n) is 7.68. The van der Waals surface area contributed by atoms with Gasteiger partial charge >= 0.3 is 12.1 Å². The van der Waals surface area contributed by atoms with Crippen LogP contribution in [0, 0.1) is 6.92 Å². The van der Waals surface area contributed by atoms with Crippen LogP contribution >= 0.6 is 0 Å². The molecule has 0 saturated carbocycles. The first-order chi connectivity index (χ1) is 12.3. The molecule has 1 amide bonds. The third-order valence-electron chi connectivity index (χ3n) is 3.61. The number of carbonyl (C=O) groups is 1. The standard InChI is InChI=1S/C18H14F3N3O2/c1-12-22-16(23-26-12)14-7-5-6-13(10-14)11-24(17(25)18(19,20)21)15-8-3-2-4-9-15/h2-10H,11H2,1H3. The van der Waals surface area contributed by atoms with Crippen molar-refractivity contribution in [2.45, 2.75) is 19.6 Å². The monoisotopic (exact) mass is 361 g/mol. The zero-order chi connectivity index (χ0) is 18.7. The maximum Gasteiger partial charge on any atom is 0.471 e. The number of amides is 1. The lowest BCUT2D eigenvalue weighted by Gasteiger charge is -2.24. The second-order valence-corrected chi connectivity index (χ2v) is 5.56. The predicted molar refractivity (Wildman–Crippen MR) is 88.2 cm³/mol. The van der Waals surface area contributed by atoms with Crippen molar-refractivity contribution in [1.29, 1.82) is 0 Å². The fourth-order valence-electron chi connectivity index (χ4n) is 2.45. The molecule has 3 aromatic rings. The van der Waals surface area contributed by atoms with Gasteiger partial charge in [0, 0.05) is 18.2 Å². The molecule has 0 atom stereocenters. The van der Waals surface area contributed by atoms with E-state index in [0.29, 0.717) is 27.7 Å². The molecule has 5 nitrogen and oxygen atoms in total. The number of carbonyl (C=O) groups excluding carboxylic acids is 1. The average Bonchev–Trinajstić information content (AvgIpc) is 3.06. The van der Waals surface area contributed by atoms with E-state index in [0.717, 1.165) is 0 Å². The molecule has 0 radical (unpaired) electrons. The van der Waals surface area contributed by atoms with Crippen LogP contribution in [-0.4, -0.2) is 22.2 Å². The molecule has 2 aromatic carbocycles. The van der Waals surface area contributed by atoms with Gasteiger partial charge in [-0.3, -0.25) is 4.79 Å². The summed E-state index contributed by atoms with van der Waals surface area (Å²) in [5.41, 5.74) is 1.26. The van der Waals surface area contributed by atoms with E-state index in [2.05, 4.69) is 10.1 Å². The summed E-state index contributed by atoms with van der Waals surface area (Å²) in [6.45, 7) is 1.40. The first-order valence-corrected chi connectivity index (χ1v) is 7.68. The number of para-hydroxylation sites is 1. The van der Waals surface area contributed by atoms with Gasteiger partial charge in [0.05, 0.1) is 6.54 Å². The molecule has 1 heterocycles. The van der Waals surface area contributed by atoms with Crippen molar-refractivity contribution in [3.8, 4) is 11.4 Å². The topological polar surface area (TPSA) is 59.2 Å². The zero-order valence-electron chi connectivity index (χ0n) is 13.7. The van der Waals surface area contributed by atoms with Gasteiger partial charge in [-0.15, -0.1) is 0 Å². The van der Waals surface area contributed by atoms with E-state index in [9.17, 15) is 18.0 Å². The lowest BCUT2D eigenvalue weighted by atomic mass is 10.1. The third kappa shape index (κ3) is 3.90. The summed E-state index contributed by atoms with van der Waals surface area (Å²) in [5.74, 6) is -1.22. The van der Waals surface area contributed by atoms with Gasteiger partial charge in [0.2, 0.25) is 11.7 Å². The van der Waals surface area contributed by atoms with Gasteiger partial charge in [-0.05, 0) is 23.8 Å². The van der Waals surface area contributed by atoms with Gasteiger partial charge in [0.15, 0.2) is 0 Å². The summed E-state index contributed by atoms with van der Waals surface area (Å²) >= 11 is 0. The Kier molecular flexibility index (Phi) is 4.75. The van der Waals surface area contributed by atoms with Crippen molar-refractivity contribution < 1.29 is 22.5 Å². The molecule has 0 spiro atoms. The van der Waals surface area contributed by atoms with E-state index in [1.807, 2.05) is 0 Å². The van der Waals surface area contributed by atoms with Crippen molar-refractivity contribution in [3.05, 3.63) is 66.1 Å². The molecule has 0 fully saturated rings. The van der Waals surface area contributed by atoms with Crippen molar-refractivity contribution in [3.63, 3.8) is 0 Å². The smallest absolute Gasteiger partial charge is 0.339 e. The molecule has 0 aliphatic carbocycles. The molecule has 3 rings (SSSR count). The number of hydrogen-bond acceptors (Lipinski definition) is 4. The number of aromatic nitrogens is 2. The first kappa shape index (κ1) is 17.7. The van der Waals surface area contributed by atoms with Crippen LogP contribution < -0.4 is 4.90 Å². The number of aryl methyl sites for hydroxylation is 1. The van der Waals surface area contributed by atoms with E-state index in [1.54, 1.807) is 49.4 Å². The van der Waals surface area contributed by atoms with E-state index < -0.39 is 12.1 Å². The van der Waals surface area contributed by atoms with Gasteiger partial charge in [-0.2, -0.15) is 18.2 Å². The van der Waals surface area contributed by atoms with Crippen LogP contribution in [0.5, 0.6) is 0 Å². The fourth-order valence-corrected chi connectivity index (χ4v) is 2.45. The Balaban J connectivity index is 1.93. The second-order valence-electron chi connectivity index (χ2n) is 5.56. The molecule has 1 aromatic heterocycles. The van der Waals surface area contributed by atoms with Gasteiger partial charge in [0.25, 0.3) is 0 Å². The Morgan fingerprint density at radius 2 is 1.85 bits per heavy atom. The molecule has 0 bridgehead atoms. The highest BCUT2D eigenvalue weighted by Gasteiger charge is 2.43. The lowest BCUT2D eigenvalue weighted by molar-refractivity contribution is -0.170. The summed E-state index contributed by atoms with van der Waals surface area (Å²) in [6.07, 6.45) is -4.97. The van der Waals surface area contributed by atoms with Crippen molar-refractivity contribution in [2.75, 3.05) is 4.90 Å². The van der Waals surface area contributed by atoms with E-state index >= 15 is 0 Å². The van der Waals surface area contributed by atoms with Crippen LogP contribution in [-0.2, 0) is 11.3 Å². The van der Waals surface area contributed by atoms with E-state index in [4.69, 9.17) is 4.52 Å². The van der Waals surface area contributed by atoms with Crippen molar-refractivity contribution >= 4 is 11.6 Å². The summed E-state index contributed by atoms with van der Waals surface area (Å²) in [4.78, 5) is 16.7. The summed E-state index contributed by atoms with van der Waals surface area (Å²) in [6, 6.07) is 14.4. The van der Waals surface area contributed by atoms with Crippen LogP contribution in [0.25, 0.3) is 11.4 Å².